The number of rotatable bonds is 7. The van der Waals surface area contributed by atoms with Gasteiger partial charge in [0.2, 0.25) is 11.8 Å². The lowest BCUT2D eigenvalue weighted by atomic mass is 10.1. The van der Waals surface area contributed by atoms with E-state index >= 15 is 0 Å². The molecule has 0 aliphatic carbocycles. The number of hydrogen-bond acceptors (Lipinski definition) is 4. The van der Waals surface area contributed by atoms with Crippen LogP contribution in [0.3, 0.4) is 0 Å². The summed E-state index contributed by atoms with van der Waals surface area (Å²) < 4.78 is 19.6. The normalized spacial score (nSPS) is 15.8. The Labute approximate surface area is 174 Å². The van der Waals surface area contributed by atoms with Gasteiger partial charge in [0.25, 0.3) is 5.91 Å². The van der Waals surface area contributed by atoms with Gasteiger partial charge >= 0.3 is 0 Å². The van der Waals surface area contributed by atoms with E-state index in [1.54, 1.807) is 43.3 Å². The molecule has 8 heteroatoms. The SMILES string of the molecule is CCNC(=O)COc1ccc(NC(=O)C2CC(=O)N(c3ccc(C)cc3F)C2)cc1. The van der Waals surface area contributed by atoms with Crippen molar-refractivity contribution in [1.29, 1.82) is 0 Å². The van der Waals surface area contributed by atoms with E-state index in [1.165, 1.54) is 11.0 Å². The lowest BCUT2D eigenvalue weighted by Gasteiger charge is -2.18. The second-order valence-corrected chi connectivity index (χ2v) is 7.12. The maximum Gasteiger partial charge on any atom is 0.257 e. The number of likely N-dealkylation sites (N-methyl/N-ethyl adjacent to an activating group) is 1. The molecule has 1 aliphatic rings. The minimum atomic E-state index is -0.577. The molecule has 0 saturated carbocycles. The van der Waals surface area contributed by atoms with E-state index in [-0.39, 0.29) is 43.0 Å². The fourth-order valence-corrected chi connectivity index (χ4v) is 3.22. The van der Waals surface area contributed by atoms with Gasteiger partial charge < -0.3 is 20.3 Å². The second kappa shape index (κ2) is 9.39. The average molecular weight is 413 g/mol. The number of benzene rings is 2. The van der Waals surface area contributed by atoms with Gasteiger partial charge in [-0.1, -0.05) is 6.07 Å². The van der Waals surface area contributed by atoms with Crippen molar-refractivity contribution in [3.8, 4) is 5.75 Å². The molecular weight excluding hydrogens is 389 g/mol. The highest BCUT2D eigenvalue weighted by Gasteiger charge is 2.36. The summed E-state index contributed by atoms with van der Waals surface area (Å²) in [5.74, 6) is -1.37. The molecule has 2 aromatic carbocycles. The Morgan fingerprint density at radius 1 is 1.20 bits per heavy atom. The Kier molecular flexibility index (Phi) is 6.66. The molecule has 1 aliphatic heterocycles. The van der Waals surface area contributed by atoms with Gasteiger partial charge in [0.1, 0.15) is 11.6 Å². The van der Waals surface area contributed by atoms with E-state index in [0.717, 1.165) is 5.56 Å². The molecule has 2 N–H and O–H groups in total. The summed E-state index contributed by atoms with van der Waals surface area (Å²) in [6.07, 6.45) is 0.0207. The number of halogens is 1. The molecule has 0 spiro atoms. The molecule has 1 fully saturated rings. The number of carbonyl (C=O) groups excluding carboxylic acids is 3. The summed E-state index contributed by atoms with van der Waals surface area (Å²) in [6.45, 7) is 4.16. The van der Waals surface area contributed by atoms with E-state index in [1.807, 2.05) is 6.92 Å². The van der Waals surface area contributed by atoms with Crippen molar-refractivity contribution >= 4 is 29.1 Å². The van der Waals surface area contributed by atoms with Gasteiger partial charge in [-0.05, 0) is 55.8 Å². The average Bonchev–Trinajstić information content (AvgIpc) is 3.09. The Bertz CT molecular complexity index is 946. The van der Waals surface area contributed by atoms with Crippen molar-refractivity contribution in [3.63, 3.8) is 0 Å². The van der Waals surface area contributed by atoms with Gasteiger partial charge in [-0.2, -0.15) is 0 Å². The number of nitrogens with zero attached hydrogens (tertiary/aromatic N) is 1. The second-order valence-electron chi connectivity index (χ2n) is 7.12. The summed E-state index contributed by atoms with van der Waals surface area (Å²) in [6, 6.07) is 11.2. The Hall–Kier alpha value is -3.42. The van der Waals surface area contributed by atoms with Crippen molar-refractivity contribution in [1.82, 2.24) is 5.32 Å². The molecule has 1 saturated heterocycles. The lowest BCUT2D eigenvalue weighted by Crippen LogP contribution is -2.28. The number of aryl methyl sites for hydroxylation is 1. The van der Waals surface area contributed by atoms with Crippen LogP contribution in [-0.4, -0.2) is 37.4 Å². The quantitative estimate of drug-likeness (QED) is 0.731. The molecule has 3 rings (SSSR count). The van der Waals surface area contributed by atoms with Crippen LogP contribution in [0.2, 0.25) is 0 Å². The maximum atomic E-state index is 14.2. The highest BCUT2D eigenvalue weighted by Crippen LogP contribution is 2.29. The first-order chi connectivity index (χ1) is 14.4. The number of amides is 3. The molecule has 3 amide bonds. The molecule has 158 valence electrons. The molecule has 2 aromatic rings. The van der Waals surface area contributed by atoms with Crippen LogP contribution in [0, 0.1) is 18.7 Å². The third-order valence-electron chi connectivity index (χ3n) is 4.76. The Balaban J connectivity index is 1.57. The zero-order valence-electron chi connectivity index (χ0n) is 16.9. The summed E-state index contributed by atoms with van der Waals surface area (Å²) in [5.41, 5.74) is 1.49. The number of nitrogens with one attached hydrogen (secondary N) is 2. The van der Waals surface area contributed by atoms with Crippen LogP contribution in [0.5, 0.6) is 5.75 Å². The van der Waals surface area contributed by atoms with Crippen LogP contribution < -0.4 is 20.3 Å². The molecule has 0 bridgehead atoms. The summed E-state index contributed by atoms with van der Waals surface area (Å²) in [7, 11) is 0. The van der Waals surface area contributed by atoms with Crippen molar-refractivity contribution in [2.24, 2.45) is 5.92 Å². The van der Waals surface area contributed by atoms with Crippen LogP contribution in [0.15, 0.2) is 42.5 Å². The highest BCUT2D eigenvalue weighted by molar-refractivity contribution is 6.03. The fraction of sp³-hybridized carbons (Fsp3) is 0.318. The van der Waals surface area contributed by atoms with Crippen molar-refractivity contribution < 1.29 is 23.5 Å². The third-order valence-corrected chi connectivity index (χ3v) is 4.76. The highest BCUT2D eigenvalue weighted by atomic mass is 19.1. The van der Waals surface area contributed by atoms with Crippen LogP contribution in [0.1, 0.15) is 18.9 Å². The van der Waals surface area contributed by atoms with Crippen LogP contribution in [-0.2, 0) is 14.4 Å². The first kappa shape index (κ1) is 21.3. The van der Waals surface area contributed by atoms with E-state index in [2.05, 4.69) is 10.6 Å². The smallest absolute Gasteiger partial charge is 0.257 e. The number of ether oxygens (including phenoxy) is 1. The van der Waals surface area contributed by atoms with E-state index in [9.17, 15) is 18.8 Å². The molecule has 30 heavy (non-hydrogen) atoms. The molecule has 0 aromatic heterocycles. The van der Waals surface area contributed by atoms with Gasteiger partial charge in [-0.15, -0.1) is 0 Å². The fourth-order valence-electron chi connectivity index (χ4n) is 3.22. The van der Waals surface area contributed by atoms with Crippen molar-refractivity contribution in [2.45, 2.75) is 20.3 Å². The molecular formula is C22H24FN3O4. The summed E-state index contributed by atoms with van der Waals surface area (Å²) in [5, 5.41) is 5.40. The summed E-state index contributed by atoms with van der Waals surface area (Å²) in [4.78, 5) is 37.6. The predicted molar refractivity (Wildman–Crippen MR) is 111 cm³/mol. The van der Waals surface area contributed by atoms with Gasteiger partial charge in [-0.25, -0.2) is 4.39 Å². The number of hydrogen-bond donors (Lipinski definition) is 2. The molecule has 7 nitrogen and oxygen atoms in total. The van der Waals surface area contributed by atoms with Gasteiger partial charge in [-0.3, -0.25) is 14.4 Å². The number of carbonyl (C=O) groups is 3. The standard InChI is InChI=1S/C22H24FN3O4/c1-3-24-20(27)13-30-17-7-5-16(6-8-17)25-22(29)15-11-21(28)26(12-15)19-9-4-14(2)10-18(19)23/h4-10,15H,3,11-13H2,1-2H3,(H,24,27)(H,25,29). The van der Waals surface area contributed by atoms with Crippen LogP contribution in [0.4, 0.5) is 15.8 Å². The van der Waals surface area contributed by atoms with Crippen LogP contribution in [0.25, 0.3) is 0 Å². The molecule has 1 heterocycles. The minimum absolute atomic E-state index is 0.0207. The third kappa shape index (κ3) is 5.14. The van der Waals surface area contributed by atoms with E-state index in [4.69, 9.17) is 4.74 Å². The summed E-state index contributed by atoms with van der Waals surface area (Å²) >= 11 is 0. The molecule has 1 unspecified atom stereocenters. The lowest BCUT2D eigenvalue weighted by molar-refractivity contribution is -0.123. The van der Waals surface area contributed by atoms with Gasteiger partial charge in [0, 0.05) is 25.2 Å². The molecule has 0 radical (unpaired) electrons. The topological polar surface area (TPSA) is 87.7 Å². The van der Waals surface area contributed by atoms with Crippen molar-refractivity contribution in [2.75, 3.05) is 29.9 Å². The van der Waals surface area contributed by atoms with Gasteiger partial charge in [0.15, 0.2) is 6.61 Å². The largest absolute Gasteiger partial charge is 0.484 e. The number of anilines is 2. The Morgan fingerprint density at radius 2 is 1.93 bits per heavy atom. The van der Waals surface area contributed by atoms with E-state index in [0.29, 0.717) is 18.0 Å². The minimum Gasteiger partial charge on any atom is -0.484 e. The van der Waals surface area contributed by atoms with Crippen LogP contribution >= 0.6 is 0 Å². The molecule has 1 atom stereocenters. The van der Waals surface area contributed by atoms with Crippen molar-refractivity contribution in [3.05, 3.63) is 53.8 Å². The monoisotopic (exact) mass is 413 g/mol. The predicted octanol–water partition coefficient (Wildman–Crippen LogP) is 2.64. The maximum absolute atomic E-state index is 14.2. The zero-order valence-corrected chi connectivity index (χ0v) is 16.9. The Morgan fingerprint density at radius 3 is 2.60 bits per heavy atom. The van der Waals surface area contributed by atoms with E-state index < -0.39 is 11.7 Å². The zero-order chi connectivity index (χ0) is 21.7. The van der Waals surface area contributed by atoms with Gasteiger partial charge in [0.05, 0.1) is 11.6 Å². The first-order valence-corrected chi connectivity index (χ1v) is 9.74. The first-order valence-electron chi connectivity index (χ1n) is 9.74.